The van der Waals surface area contributed by atoms with E-state index in [9.17, 15) is 19.3 Å². The van der Waals surface area contributed by atoms with Gasteiger partial charge in [0, 0.05) is 11.1 Å². The van der Waals surface area contributed by atoms with Crippen molar-refractivity contribution >= 4 is 0 Å². The number of halogens is 2. The molecule has 0 aliphatic heterocycles. The Bertz CT molecular complexity index is 1160. The number of hydrogen-bond donors (Lipinski definition) is 0. The zero-order valence-corrected chi connectivity index (χ0v) is 14.2. The van der Waals surface area contributed by atoms with Crippen LogP contribution < -0.4 is 0 Å². The van der Waals surface area contributed by atoms with Crippen molar-refractivity contribution in [1.82, 2.24) is 0 Å². The van der Waals surface area contributed by atoms with E-state index in [4.69, 9.17) is 10.5 Å². The molecule has 0 saturated heterocycles. The molecule has 0 aliphatic carbocycles. The molecular formula is C22H8F2N4. The smallest absolute Gasteiger partial charge is 0.141 e. The monoisotopic (exact) mass is 366 g/mol. The van der Waals surface area contributed by atoms with E-state index < -0.39 is 11.6 Å². The van der Waals surface area contributed by atoms with Crippen molar-refractivity contribution < 1.29 is 8.78 Å². The largest absolute Gasteiger partial charge is 0.206 e. The Kier molecular flexibility index (Phi) is 4.82. The maximum absolute atomic E-state index is 14.0. The van der Waals surface area contributed by atoms with Gasteiger partial charge in [-0.25, -0.2) is 8.78 Å². The maximum Gasteiger partial charge on any atom is 0.141 e. The Balaban J connectivity index is 2.10. The lowest BCUT2D eigenvalue weighted by molar-refractivity contribution is 0.624. The lowest BCUT2D eigenvalue weighted by atomic mass is 9.94. The van der Waals surface area contributed by atoms with Crippen LogP contribution in [0.3, 0.4) is 0 Å². The van der Waals surface area contributed by atoms with Crippen molar-refractivity contribution in [3.05, 3.63) is 82.4 Å². The molecule has 0 radical (unpaired) electrons. The fourth-order valence-electron chi connectivity index (χ4n) is 2.81. The number of benzene rings is 3. The van der Waals surface area contributed by atoms with Crippen LogP contribution in [-0.2, 0) is 0 Å². The summed E-state index contributed by atoms with van der Waals surface area (Å²) < 4.78 is 28.0. The van der Waals surface area contributed by atoms with Crippen LogP contribution in [-0.4, -0.2) is 0 Å². The quantitative estimate of drug-likeness (QED) is 0.652. The number of hydrogen-bond acceptors (Lipinski definition) is 4. The molecule has 0 saturated carbocycles. The van der Waals surface area contributed by atoms with Gasteiger partial charge in [-0.1, -0.05) is 24.3 Å². The van der Waals surface area contributed by atoms with Crippen LogP contribution in [0, 0.1) is 57.0 Å². The summed E-state index contributed by atoms with van der Waals surface area (Å²) in [6.45, 7) is 0. The Morgan fingerprint density at radius 3 is 1.11 bits per heavy atom. The minimum atomic E-state index is -0.735. The van der Waals surface area contributed by atoms with Gasteiger partial charge in [-0.05, 0) is 35.4 Å². The van der Waals surface area contributed by atoms with Crippen molar-refractivity contribution in [2.24, 2.45) is 0 Å². The second-order valence-electron chi connectivity index (χ2n) is 5.78. The topological polar surface area (TPSA) is 95.2 Å². The highest BCUT2D eigenvalue weighted by atomic mass is 19.1. The van der Waals surface area contributed by atoms with E-state index in [0.29, 0.717) is 22.3 Å². The second-order valence-corrected chi connectivity index (χ2v) is 5.78. The molecule has 4 nitrogen and oxygen atoms in total. The molecule has 3 aromatic rings. The molecule has 0 heterocycles. The first kappa shape index (κ1) is 18.3. The molecule has 0 fully saturated rings. The summed E-state index contributed by atoms with van der Waals surface area (Å²) >= 11 is 0. The highest BCUT2D eigenvalue weighted by molar-refractivity contribution is 5.77. The molecule has 0 bridgehead atoms. The fraction of sp³-hybridized carbons (Fsp3) is 0. The fourth-order valence-corrected chi connectivity index (χ4v) is 2.81. The van der Waals surface area contributed by atoms with Crippen LogP contribution >= 0.6 is 0 Å². The van der Waals surface area contributed by atoms with E-state index in [2.05, 4.69) is 0 Å². The highest BCUT2D eigenvalue weighted by Crippen LogP contribution is 2.31. The third-order valence-electron chi connectivity index (χ3n) is 4.20. The Morgan fingerprint density at radius 1 is 0.500 bits per heavy atom. The van der Waals surface area contributed by atoms with Gasteiger partial charge in [0.1, 0.15) is 23.8 Å². The van der Waals surface area contributed by atoms with Gasteiger partial charge in [0.15, 0.2) is 0 Å². The van der Waals surface area contributed by atoms with Gasteiger partial charge in [0.05, 0.1) is 34.4 Å². The summed E-state index contributed by atoms with van der Waals surface area (Å²) in [6, 6.07) is 18.3. The van der Waals surface area contributed by atoms with Gasteiger partial charge in [0.2, 0.25) is 0 Å². The van der Waals surface area contributed by atoms with E-state index in [0.717, 1.165) is 12.1 Å². The number of nitriles is 4. The van der Waals surface area contributed by atoms with Gasteiger partial charge >= 0.3 is 0 Å². The standard InChI is InChI=1S/C22H8F2N4/c23-21-7-19(15(9-25)5-17(21)11-27)13-1-2-14(4-3-13)20-8-22(24)18(12-28)6-16(20)10-26/h1-8H. The van der Waals surface area contributed by atoms with Crippen molar-refractivity contribution in [2.45, 2.75) is 0 Å². The maximum atomic E-state index is 14.0. The molecule has 0 aromatic heterocycles. The molecule has 6 heteroatoms. The first-order valence-electron chi connectivity index (χ1n) is 7.90. The Labute approximate surface area is 159 Å². The van der Waals surface area contributed by atoms with E-state index in [1.807, 2.05) is 12.1 Å². The van der Waals surface area contributed by atoms with Crippen molar-refractivity contribution in [1.29, 1.82) is 21.0 Å². The van der Waals surface area contributed by atoms with E-state index in [-0.39, 0.29) is 22.3 Å². The molecule has 0 spiro atoms. The van der Waals surface area contributed by atoms with Gasteiger partial charge in [-0.15, -0.1) is 0 Å². The summed E-state index contributed by atoms with van der Waals surface area (Å²) in [4.78, 5) is 0. The van der Waals surface area contributed by atoms with Crippen molar-refractivity contribution in [2.75, 3.05) is 0 Å². The molecule has 0 amide bonds. The van der Waals surface area contributed by atoms with Crippen LogP contribution in [0.4, 0.5) is 8.78 Å². The zero-order valence-electron chi connectivity index (χ0n) is 14.2. The highest BCUT2D eigenvalue weighted by Gasteiger charge is 2.14. The van der Waals surface area contributed by atoms with Gasteiger partial charge in [0.25, 0.3) is 0 Å². The second kappa shape index (κ2) is 7.38. The number of rotatable bonds is 2. The average Bonchev–Trinajstić information content (AvgIpc) is 2.73. The Morgan fingerprint density at radius 2 is 0.821 bits per heavy atom. The first-order valence-corrected chi connectivity index (χ1v) is 7.90. The SMILES string of the molecule is N#Cc1cc(C#N)c(-c2ccc(-c3cc(F)c(C#N)cc3C#N)cc2)cc1F. The van der Waals surface area contributed by atoms with Crippen molar-refractivity contribution in [3.8, 4) is 46.5 Å². The summed E-state index contributed by atoms with van der Waals surface area (Å²) in [5.41, 5.74) is 1.54. The zero-order chi connectivity index (χ0) is 20.3. The predicted molar refractivity (Wildman–Crippen MR) is 96.1 cm³/mol. The number of nitrogens with zero attached hydrogens (tertiary/aromatic N) is 4. The van der Waals surface area contributed by atoms with E-state index in [1.165, 1.54) is 12.1 Å². The van der Waals surface area contributed by atoms with Gasteiger partial charge in [-0.2, -0.15) is 21.0 Å². The lowest BCUT2D eigenvalue weighted by Crippen LogP contribution is -1.93. The van der Waals surface area contributed by atoms with Gasteiger partial charge in [-0.3, -0.25) is 0 Å². The summed E-state index contributed by atoms with van der Waals surface area (Å²) in [5.74, 6) is -1.47. The molecule has 0 unspecified atom stereocenters. The normalized spacial score (nSPS) is 9.64. The van der Waals surface area contributed by atoms with Crippen LogP contribution in [0.15, 0.2) is 48.5 Å². The molecule has 3 rings (SSSR count). The van der Waals surface area contributed by atoms with Crippen LogP contribution in [0.5, 0.6) is 0 Å². The van der Waals surface area contributed by atoms with Gasteiger partial charge < -0.3 is 0 Å². The van der Waals surface area contributed by atoms with E-state index >= 15 is 0 Å². The Hall–Kier alpha value is -4.52. The molecule has 28 heavy (non-hydrogen) atoms. The third kappa shape index (κ3) is 3.15. The van der Waals surface area contributed by atoms with Crippen LogP contribution in [0.1, 0.15) is 22.3 Å². The minimum absolute atomic E-state index is 0.146. The predicted octanol–water partition coefficient (Wildman–Crippen LogP) is 4.79. The summed E-state index contributed by atoms with van der Waals surface area (Å²) in [5, 5.41) is 36.4. The van der Waals surface area contributed by atoms with E-state index in [1.54, 1.807) is 36.4 Å². The first-order chi connectivity index (χ1) is 13.5. The average molecular weight is 366 g/mol. The summed E-state index contributed by atoms with van der Waals surface area (Å²) in [7, 11) is 0. The summed E-state index contributed by atoms with van der Waals surface area (Å²) in [6.07, 6.45) is 0. The van der Waals surface area contributed by atoms with Crippen molar-refractivity contribution in [3.63, 3.8) is 0 Å². The molecule has 0 atom stereocenters. The molecule has 0 aliphatic rings. The third-order valence-corrected chi connectivity index (χ3v) is 4.20. The van der Waals surface area contributed by atoms with Crippen LogP contribution in [0.25, 0.3) is 22.3 Å². The molecule has 0 N–H and O–H groups in total. The lowest BCUT2D eigenvalue weighted by Gasteiger charge is -2.09. The molecule has 3 aromatic carbocycles. The molecule has 130 valence electrons. The minimum Gasteiger partial charge on any atom is -0.206 e. The van der Waals surface area contributed by atoms with Crippen LogP contribution in [0.2, 0.25) is 0 Å². The molecular weight excluding hydrogens is 358 g/mol.